The lowest BCUT2D eigenvalue weighted by atomic mass is 10.4. The summed E-state index contributed by atoms with van der Waals surface area (Å²) in [5.41, 5.74) is 0. The Morgan fingerprint density at radius 3 is 2.21 bits per heavy atom. The third-order valence-electron chi connectivity index (χ3n) is 1.18. The largest absolute Gasteiger partial charge is 0.415 e. The van der Waals surface area contributed by atoms with Crippen molar-refractivity contribution in [2.45, 2.75) is 19.2 Å². The molecule has 0 saturated carbocycles. The number of hydrogen-bond donors (Lipinski definition) is 3. The van der Waals surface area contributed by atoms with Crippen molar-refractivity contribution in [3.63, 3.8) is 0 Å². The maximum absolute atomic E-state index is 11.7. The van der Waals surface area contributed by atoms with Gasteiger partial charge in [0.1, 0.15) is 0 Å². The van der Waals surface area contributed by atoms with Gasteiger partial charge in [0.05, 0.1) is 0 Å². The van der Waals surface area contributed by atoms with Crippen LogP contribution in [-0.4, -0.2) is 38.9 Å². The Balaban J connectivity index is 4.07. The van der Waals surface area contributed by atoms with Crippen LogP contribution < -0.4 is 9.44 Å². The molecule has 0 aromatic heterocycles. The Morgan fingerprint density at radius 1 is 1.36 bits per heavy atom. The van der Waals surface area contributed by atoms with Crippen molar-refractivity contribution in [1.29, 1.82) is 0 Å². The summed E-state index contributed by atoms with van der Waals surface area (Å²) in [5.74, 6) is 0. The summed E-state index contributed by atoms with van der Waals surface area (Å²) in [5, 5.41) is 8.44. The summed E-state index contributed by atoms with van der Waals surface area (Å²) in [4.78, 5) is 0. The minimum atomic E-state index is -4.82. The molecule has 0 rings (SSSR count). The molecule has 0 radical (unpaired) electrons. The molecule has 14 heavy (non-hydrogen) atoms. The molecule has 0 heterocycles. The van der Waals surface area contributed by atoms with Crippen LogP contribution >= 0.6 is 0 Å². The summed E-state index contributed by atoms with van der Waals surface area (Å²) in [6.45, 7) is 0.426. The zero-order valence-corrected chi connectivity index (χ0v) is 8.11. The van der Waals surface area contributed by atoms with Crippen molar-refractivity contribution in [1.82, 2.24) is 9.44 Å². The molecule has 5 nitrogen and oxygen atoms in total. The van der Waals surface area contributed by atoms with Crippen LogP contribution in [0.1, 0.15) is 6.92 Å². The van der Waals surface area contributed by atoms with Crippen molar-refractivity contribution < 1.29 is 26.7 Å². The van der Waals surface area contributed by atoms with Crippen LogP contribution in [0.25, 0.3) is 0 Å². The van der Waals surface area contributed by atoms with E-state index < -0.39 is 29.0 Å². The van der Waals surface area contributed by atoms with Crippen LogP contribution in [0.2, 0.25) is 0 Å². The first-order valence-electron chi connectivity index (χ1n) is 3.68. The zero-order valence-electron chi connectivity index (χ0n) is 7.30. The molecule has 0 spiro atoms. The predicted octanol–water partition coefficient (Wildman–Crippen LogP) is -0.647. The van der Waals surface area contributed by atoms with Gasteiger partial charge < -0.3 is 5.11 Å². The highest BCUT2D eigenvalue weighted by atomic mass is 32.2. The van der Waals surface area contributed by atoms with E-state index in [9.17, 15) is 21.6 Å². The molecule has 0 amide bonds. The fourth-order valence-corrected chi connectivity index (χ4v) is 1.40. The number of alkyl halides is 3. The average molecular weight is 236 g/mol. The molecule has 1 unspecified atom stereocenters. The maximum atomic E-state index is 11.7. The summed E-state index contributed by atoms with van der Waals surface area (Å²) in [7, 11) is -3.95. The Labute approximate surface area is 79.5 Å². The second kappa shape index (κ2) is 4.91. The Morgan fingerprint density at radius 2 is 1.86 bits per heavy atom. The van der Waals surface area contributed by atoms with E-state index in [1.807, 2.05) is 4.72 Å². The zero-order chi connectivity index (χ0) is 11.4. The third kappa shape index (κ3) is 5.37. The fraction of sp³-hybridized carbons (Fsp3) is 1.00. The Hall–Kier alpha value is -0.380. The monoisotopic (exact) mass is 236 g/mol. The topological polar surface area (TPSA) is 78.4 Å². The summed E-state index contributed by atoms with van der Waals surface area (Å²) < 4.78 is 60.1. The standard InChI is InChI=1S/C5H11F3N2O3S/c1-2-9-14(12,13)10-3-4(11)5(6,7)8/h4,9-11H,2-3H2,1H3. The highest BCUT2D eigenvalue weighted by Gasteiger charge is 2.38. The van der Waals surface area contributed by atoms with Crippen LogP contribution in [0, 0.1) is 0 Å². The third-order valence-corrected chi connectivity index (χ3v) is 2.39. The van der Waals surface area contributed by atoms with Crippen molar-refractivity contribution in [2.24, 2.45) is 0 Å². The quantitative estimate of drug-likeness (QED) is 0.593. The second-order valence-corrected chi connectivity index (χ2v) is 3.99. The van der Waals surface area contributed by atoms with Crippen molar-refractivity contribution in [3.05, 3.63) is 0 Å². The highest BCUT2D eigenvalue weighted by Crippen LogP contribution is 2.19. The average Bonchev–Trinajstić information content (AvgIpc) is 1.98. The van der Waals surface area contributed by atoms with Gasteiger partial charge in [-0.2, -0.15) is 26.3 Å². The normalized spacial score (nSPS) is 15.5. The molecular weight excluding hydrogens is 225 g/mol. The lowest BCUT2D eigenvalue weighted by Crippen LogP contribution is -2.44. The Kier molecular flexibility index (Phi) is 4.78. The van der Waals surface area contributed by atoms with Crippen LogP contribution in [0.15, 0.2) is 0 Å². The molecule has 9 heteroatoms. The molecule has 0 aromatic carbocycles. The van der Waals surface area contributed by atoms with Gasteiger partial charge in [-0.25, -0.2) is 4.72 Å². The van der Waals surface area contributed by atoms with Gasteiger partial charge in [0.15, 0.2) is 6.10 Å². The second-order valence-electron chi connectivity index (χ2n) is 2.41. The van der Waals surface area contributed by atoms with Crippen molar-refractivity contribution >= 4 is 10.2 Å². The lowest BCUT2D eigenvalue weighted by Gasteiger charge is -2.14. The predicted molar refractivity (Wildman–Crippen MR) is 42.7 cm³/mol. The molecule has 3 N–H and O–H groups in total. The first-order valence-corrected chi connectivity index (χ1v) is 5.16. The van der Waals surface area contributed by atoms with E-state index in [1.54, 1.807) is 4.72 Å². The smallest absolute Gasteiger partial charge is 0.382 e. The number of nitrogens with one attached hydrogen (secondary N) is 2. The first-order chi connectivity index (χ1) is 6.19. The van der Waals surface area contributed by atoms with E-state index in [2.05, 4.69) is 0 Å². The molecular formula is C5H11F3N2O3S. The Bertz CT molecular complexity index is 264. The molecule has 0 aromatic rings. The van der Waals surface area contributed by atoms with Gasteiger partial charge in [0, 0.05) is 13.1 Å². The van der Waals surface area contributed by atoms with Gasteiger partial charge in [-0.05, 0) is 0 Å². The van der Waals surface area contributed by atoms with Gasteiger partial charge in [0.2, 0.25) is 0 Å². The number of aliphatic hydroxyl groups is 1. The number of aliphatic hydroxyl groups excluding tert-OH is 1. The minimum absolute atomic E-state index is 0.0530. The minimum Gasteiger partial charge on any atom is -0.382 e. The summed E-state index contributed by atoms with van der Waals surface area (Å²) in [6, 6.07) is 0. The summed E-state index contributed by atoms with van der Waals surface area (Å²) >= 11 is 0. The van der Waals surface area contributed by atoms with Crippen molar-refractivity contribution in [3.8, 4) is 0 Å². The van der Waals surface area contributed by atoms with Crippen molar-refractivity contribution in [2.75, 3.05) is 13.1 Å². The van der Waals surface area contributed by atoms with Crippen LogP contribution in [0.4, 0.5) is 13.2 Å². The van der Waals surface area contributed by atoms with E-state index in [-0.39, 0.29) is 6.54 Å². The van der Waals surface area contributed by atoms with E-state index in [0.717, 1.165) is 0 Å². The highest BCUT2D eigenvalue weighted by molar-refractivity contribution is 7.87. The lowest BCUT2D eigenvalue weighted by molar-refractivity contribution is -0.200. The van der Waals surface area contributed by atoms with Gasteiger partial charge in [-0.1, -0.05) is 6.92 Å². The first kappa shape index (κ1) is 13.6. The molecule has 0 aliphatic heterocycles. The van der Waals surface area contributed by atoms with E-state index >= 15 is 0 Å². The van der Waals surface area contributed by atoms with Crippen LogP contribution in [-0.2, 0) is 10.2 Å². The molecule has 86 valence electrons. The molecule has 0 aliphatic rings. The molecule has 0 bridgehead atoms. The van der Waals surface area contributed by atoms with E-state index in [0.29, 0.717) is 0 Å². The van der Waals surface area contributed by atoms with E-state index in [1.165, 1.54) is 6.92 Å². The number of rotatable bonds is 5. The molecule has 0 fully saturated rings. The SMILES string of the molecule is CCNS(=O)(=O)NCC(O)C(F)(F)F. The number of hydrogen-bond acceptors (Lipinski definition) is 3. The molecule has 0 saturated heterocycles. The number of halogens is 3. The molecule has 1 atom stereocenters. The van der Waals surface area contributed by atoms with Crippen LogP contribution in [0.3, 0.4) is 0 Å². The van der Waals surface area contributed by atoms with Gasteiger partial charge in [-0.3, -0.25) is 0 Å². The van der Waals surface area contributed by atoms with Crippen LogP contribution in [0.5, 0.6) is 0 Å². The molecule has 0 aliphatic carbocycles. The van der Waals surface area contributed by atoms with Gasteiger partial charge >= 0.3 is 6.18 Å². The van der Waals surface area contributed by atoms with E-state index in [4.69, 9.17) is 5.11 Å². The van der Waals surface area contributed by atoms with Gasteiger partial charge in [-0.15, -0.1) is 0 Å². The fourth-order valence-electron chi connectivity index (χ4n) is 0.545. The maximum Gasteiger partial charge on any atom is 0.415 e. The summed E-state index contributed by atoms with van der Waals surface area (Å²) in [6.07, 6.45) is -7.52. The van der Waals surface area contributed by atoms with Gasteiger partial charge in [0.25, 0.3) is 10.2 Å².